The van der Waals surface area contributed by atoms with Gasteiger partial charge in [-0.2, -0.15) is 23.7 Å². The van der Waals surface area contributed by atoms with Crippen molar-refractivity contribution in [3.63, 3.8) is 0 Å². The maximum Gasteiger partial charge on any atom is 0.416 e. The van der Waals surface area contributed by atoms with Crippen LogP contribution in [0, 0.1) is 28.6 Å². The Morgan fingerprint density at radius 2 is 1.69 bits per heavy atom. The van der Waals surface area contributed by atoms with Crippen molar-refractivity contribution in [2.75, 3.05) is 11.4 Å². The van der Waals surface area contributed by atoms with Crippen LogP contribution in [-0.4, -0.2) is 29.9 Å². The van der Waals surface area contributed by atoms with Crippen LogP contribution >= 0.6 is 0 Å². The lowest BCUT2D eigenvalue weighted by Gasteiger charge is -2.38. The third kappa shape index (κ3) is 6.44. The number of nitrogens with zero attached hydrogens (tertiary/aromatic N) is 3. The fourth-order valence-electron chi connectivity index (χ4n) is 4.29. The van der Waals surface area contributed by atoms with Crippen molar-refractivity contribution in [1.82, 2.24) is 5.32 Å². The van der Waals surface area contributed by atoms with E-state index in [1.165, 1.54) is 37.3 Å². The first-order valence-electron chi connectivity index (χ1n) is 11.8. The Morgan fingerprint density at radius 1 is 1.05 bits per heavy atom. The molecule has 1 N–H and O–H groups in total. The van der Waals surface area contributed by atoms with Gasteiger partial charge in [0, 0.05) is 17.3 Å². The van der Waals surface area contributed by atoms with Gasteiger partial charge in [-0.3, -0.25) is 19.3 Å². The lowest BCUT2D eigenvalue weighted by Crippen LogP contribution is -2.50. The van der Waals surface area contributed by atoms with Gasteiger partial charge < -0.3 is 10.1 Å². The number of hydrogen-bond donors (Lipinski definition) is 1. The molecule has 0 spiro atoms. The number of amides is 2. The molecule has 0 saturated carbocycles. The number of carbonyl (C=O) groups excluding carboxylic acids is 3. The van der Waals surface area contributed by atoms with E-state index < -0.39 is 53.5 Å². The summed E-state index contributed by atoms with van der Waals surface area (Å²) in [5.41, 5.74) is -1.35. The molecule has 2 atom stereocenters. The van der Waals surface area contributed by atoms with Gasteiger partial charge in [0.25, 0.3) is 0 Å². The number of nitriles is 2. The fourth-order valence-corrected chi connectivity index (χ4v) is 4.29. The molecule has 1 aliphatic heterocycles. The number of carbonyl (C=O) groups is 3. The smallest absolute Gasteiger partial charge is 0.416 e. The van der Waals surface area contributed by atoms with Gasteiger partial charge in [0.15, 0.2) is 0 Å². The predicted molar refractivity (Wildman–Crippen MR) is 133 cm³/mol. The molecule has 2 unspecified atom stereocenters. The molecular formula is C28H25F3N4O4. The monoisotopic (exact) mass is 538 g/mol. The number of hydrogen-bond acceptors (Lipinski definition) is 6. The van der Waals surface area contributed by atoms with Crippen molar-refractivity contribution >= 4 is 23.5 Å². The number of halogens is 3. The molecule has 2 aromatic rings. The van der Waals surface area contributed by atoms with Crippen molar-refractivity contribution in [2.24, 2.45) is 5.92 Å². The third-order valence-corrected chi connectivity index (χ3v) is 5.92. The third-order valence-electron chi connectivity index (χ3n) is 5.92. The van der Waals surface area contributed by atoms with Crippen LogP contribution < -0.4 is 10.2 Å². The van der Waals surface area contributed by atoms with E-state index in [-0.39, 0.29) is 17.0 Å². The van der Waals surface area contributed by atoms with Crippen molar-refractivity contribution in [3.8, 4) is 12.1 Å². The van der Waals surface area contributed by atoms with Crippen molar-refractivity contribution in [2.45, 2.75) is 45.4 Å². The lowest BCUT2D eigenvalue weighted by molar-refractivity contribution is -0.155. The summed E-state index contributed by atoms with van der Waals surface area (Å²) in [5.74, 6) is -5.32. The zero-order chi connectivity index (χ0) is 29.1. The second-order valence-corrected chi connectivity index (χ2v) is 9.83. The standard InChI is InChI=1S/C28H25F3N4O4/c1-16-21(14-33)23(18-10-8-17(13-32)9-11-18)24(25(37)34-15-22(36)39-27(2,3)4)26(38)35(16)20-7-5-6-19(12-20)28(29,30)31/h5-12,23-24H,15H2,1-4H3,(H,34,37). The molecule has 2 amide bonds. The van der Waals surface area contributed by atoms with E-state index >= 15 is 0 Å². The Kier molecular flexibility index (Phi) is 8.16. The van der Waals surface area contributed by atoms with Gasteiger partial charge in [-0.15, -0.1) is 0 Å². The number of allylic oxidation sites excluding steroid dienone is 2. The van der Waals surface area contributed by atoms with Gasteiger partial charge in [-0.25, -0.2) is 0 Å². The lowest BCUT2D eigenvalue weighted by atomic mass is 9.75. The normalized spacial score (nSPS) is 17.8. The van der Waals surface area contributed by atoms with Gasteiger partial charge >= 0.3 is 12.1 Å². The summed E-state index contributed by atoms with van der Waals surface area (Å²) < 4.78 is 45.4. The van der Waals surface area contributed by atoms with Crippen molar-refractivity contribution in [1.29, 1.82) is 10.5 Å². The predicted octanol–water partition coefficient (Wildman–Crippen LogP) is 4.58. The molecule has 11 heteroatoms. The van der Waals surface area contributed by atoms with Crippen molar-refractivity contribution in [3.05, 3.63) is 76.5 Å². The highest BCUT2D eigenvalue weighted by Crippen LogP contribution is 2.43. The summed E-state index contributed by atoms with van der Waals surface area (Å²) >= 11 is 0. The first-order valence-corrected chi connectivity index (χ1v) is 11.8. The van der Waals surface area contributed by atoms with E-state index in [2.05, 4.69) is 5.32 Å². The van der Waals surface area contributed by atoms with E-state index in [9.17, 15) is 32.8 Å². The quantitative estimate of drug-likeness (QED) is 0.439. The number of esters is 1. The van der Waals surface area contributed by atoms with Crippen LogP contribution in [0.1, 0.15) is 50.3 Å². The summed E-state index contributed by atoms with van der Waals surface area (Å²) in [6.45, 7) is 5.74. The summed E-state index contributed by atoms with van der Waals surface area (Å²) in [6.07, 6.45) is -4.69. The minimum atomic E-state index is -4.69. The Labute approximate surface area is 223 Å². The van der Waals surface area contributed by atoms with Gasteiger partial charge in [0.05, 0.1) is 28.8 Å². The summed E-state index contributed by atoms with van der Waals surface area (Å²) in [5, 5.41) is 21.6. The molecule has 8 nitrogen and oxygen atoms in total. The van der Waals surface area contributed by atoms with E-state index in [1.807, 2.05) is 12.1 Å². The largest absolute Gasteiger partial charge is 0.459 e. The van der Waals surface area contributed by atoms with E-state index in [0.717, 1.165) is 23.1 Å². The minimum Gasteiger partial charge on any atom is -0.459 e. The molecule has 0 saturated heterocycles. The number of anilines is 1. The molecule has 0 aliphatic carbocycles. The van der Waals surface area contributed by atoms with Gasteiger partial charge in [0.1, 0.15) is 18.1 Å². The highest BCUT2D eigenvalue weighted by molar-refractivity contribution is 6.12. The number of benzene rings is 2. The molecule has 2 aromatic carbocycles. The van der Waals surface area contributed by atoms with Gasteiger partial charge in [-0.05, 0) is 63.6 Å². The Morgan fingerprint density at radius 3 is 2.23 bits per heavy atom. The second kappa shape index (κ2) is 11.0. The van der Waals surface area contributed by atoms with Crippen LogP contribution in [0.15, 0.2) is 59.8 Å². The molecule has 0 aromatic heterocycles. The average Bonchev–Trinajstić information content (AvgIpc) is 2.86. The van der Waals surface area contributed by atoms with Crippen LogP contribution in [0.5, 0.6) is 0 Å². The molecule has 1 aliphatic rings. The molecule has 0 bridgehead atoms. The zero-order valence-corrected chi connectivity index (χ0v) is 21.6. The highest BCUT2D eigenvalue weighted by atomic mass is 19.4. The molecular weight excluding hydrogens is 513 g/mol. The molecule has 0 fully saturated rings. The zero-order valence-electron chi connectivity index (χ0n) is 21.6. The molecule has 1 heterocycles. The van der Waals surface area contributed by atoms with Crippen LogP contribution in [0.4, 0.5) is 18.9 Å². The Bertz CT molecular complexity index is 1410. The molecule has 39 heavy (non-hydrogen) atoms. The number of nitrogens with one attached hydrogen (secondary N) is 1. The molecule has 0 radical (unpaired) electrons. The van der Waals surface area contributed by atoms with E-state index in [0.29, 0.717) is 11.1 Å². The minimum absolute atomic E-state index is 0.0332. The number of alkyl halides is 3. The fraction of sp³-hybridized carbons (Fsp3) is 0.321. The second-order valence-electron chi connectivity index (χ2n) is 9.83. The van der Waals surface area contributed by atoms with Crippen LogP contribution in [0.3, 0.4) is 0 Å². The SMILES string of the molecule is CC1=C(C#N)C(c2ccc(C#N)cc2)C(C(=O)NCC(=O)OC(C)(C)C)C(=O)N1c1cccc(C(F)(F)F)c1. The van der Waals surface area contributed by atoms with Crippen LogP contribution in [0.2, 0.25) is 0 Å². The Hall–Kier alpha value is -4.64. The maximum atomic E-state index is 13.9. The maximum absolute atomic E-state index is 13.9. The first-order chi connectivity index (χ1) is 18.2. The molecule has 3 rings (SSSR count). The molecule has 202 valence electrons. The van der Waals surface area contributed by atoms with E-state index in [4.69, 9.17) is 10.00 Å². The van der Waals surface area contributed by atoms with E-state index in [1.54, 1.807) is 20.8 Å². The van der Waals surface area contributed by atoms with Crippen LogP contribution in [-0.2, 0) is 25.3 Å². The average molecular weight is 539 g/mol. The Balaban J connectivity index is 2.13. The van der Waals surface area contributed by atoms with Crippen molar-refractivity contribution < 1.29 is 32.3 Å². The summed E-state index contributed by atoms with van der Waals surface area (Å²) in [4.78, 5) is 40.4. The summed E-state index contributed by atoms with van der Waals surface area (Å²) in [6, 6.07) is 13.9. The van der Waals surface area contributed by atoms with Gasteiger partial charge in [-0.1, -0.05) is 18.2 Å². The number of ether oxygens (including phenoxy) is 1. The van der Waals surface area contributed by atoms with Gasteiger partial charge in [0.2, 0.25) is 11.8 Å². The highest BCUT2D eigenvalue weighted by Gasteiger charge is 2.47. The van der Waals surface area contributed by atoms with Crippen LogP contribution in [0.25, 0.3) is 0 Å². The summed E-state index contributed by atoms with van der Waals surface area (Å²) in [7, 11) is 0. The number of rotatable bonds is 5. The topological polar surface area (TPSA) is 123 Å². The first kappa shape index (κ1) is 28.9.